The molecule has 2 aromatic carbocycles. The van der Waals surface area contributed by atoms with E-state index in [-0.39, 0.29) is 12.1 Å². The highest BCUT2D eigenvalue weighted by Gasteiger charge is 2.17. The first-order chi connectivity index (χ1) is 17.2. The molecule has 1 unspecified atom stereocenters. The molecule has 2 amide bonds. The summed E-state index contributed by atoms with van der Waals surface area (Å²) in [6.45, 7) is 9.79. The summed E-state index contributed by atoms with van der Waals surface area (Å²) >= 11 is 1.59. The van der Waals surface area contributed by atoms with Crippen molar-refractivity contribution < 1.29 is 19.0 Å². The van der Waals surface area contributed by atoms with Gasteiger partial charge in [0.25, 0.3) is 0 Å². The van der Waals surface area contributed by atoms with Crippen LogP contribution in [-0.4, -0.2) is 30.2 Å². The van der Waals surface area contributed by atoms with Crippen molar-refractivity contribution >= 4 is 34.0 Å². The zero-order valence-corrected chi connectivity index (χ0v) is 22.3. The number of carbonyl (C=O) groups is 1. The first-order valence-electron chi connectivity index (χ1n) is 11.5. The standard InChI is InChI=1S/C27H30N4O4S/c1-14-11-23(35-22-8-9-28-21-13-25(34-7)24(33-6)12-19(21)22)15(2)10-20(14)31-27(32)30-17(4)26-29-16(3)18(5)36-26/h8-13,17H,1-7H3,(H2,30,31,32). The number of methoxy groups -OCH3 is 2. The lowest BCUT2D eigenvalue weighted by molar-refractivity contribution is 0.249. The molecule has 0 saturated heterocycles. The monoisotopic (exact) mass is 506 g/mol. The van der Waals surface area contributed by atoms with Gasteiger partial charge in [-0.05, 0) is 70.0 Å². The van der Waals surface area contributed by atoms with E-state index in [0.29, 0.717) is 28.7 Å². The number of aromatic nitrogens is 2. The molecule has 2 N–H and O–H groups in total. The summed E-state index contributed by atoms with van der Waals surface area (Å²) < 4.78 is 17.1. The van der Waals surface area contributed by atoms with Crippen LogP contribution in [0.2, 0.25) is 0 Å². The van der Waals surface area contributed by atoms with Crippen LogP contribution in [-0.2, 0) is 0 Å². The largest absolute Gasteiger partial charge is 0.493 e. The molecule has 4 aromatic rings. The highest BCUT2D eigenvalue weighted by Crippen LogP contribution is 2.38. The van der Waals surface area contributed by atoms with Gasteiger partial charge in [-0.2, -0.15) is 0 Å². The van der Waals surface area contributed by atoms with Gasteiger partial charge in [-0.25, -0.2) is 9.78 Å². The van der Waals surface area contributed by atoms with Crippen molar-refractivity contribution in [1.29, 1.82) is 0 Å². The van der Waals surface area contributed by atoms with Crippen LogP contribution in [0.5, 0.6) is 23.0 Å². The van der Waals surface area contributed by atoms with Crippen molar-refractivity contribution in [3.8, 4) is 23.0 Å². The Labute approximate surface area is 214 Å². The van der Waals surface area contributed by atoms with Gasteiger partial charge in [0.05, 0.1) is 31.5 Å². The van der Waals surface area contributed by atoms with E-state index >= 15 is 0 Å². The predicted molar refractivity (Wildman–Crippen MR) is 143 cm³/mol. The van der Waals surface area contributed by atoms with Crippen molar-refractivity contribution in [1.82, 2.24) is 15.3 Å². The molecule has 188 valence electrons. The molecule has 0 bridgehead atoms. The van der Waals surface area contributed by atoms with E-state index in [2.05, 4.69) is 20.6 Å². The van der Waals surface area contributed by atoms with Crippen molar-refractivity contribution in [3.63, 3.8) is 0 Å². The van der Waals surface area contributed by atoms with Crippen molar-refractivity contribution in [2.45, 2.75) is 40.7 Å². The average molecular weight is 507 g/mol. The molecule has 1 atom stereocenters. The van der Waals surface area contributed by atoms with Gasteiger partial charge in [0.1, 0.15) is 16.5 Å². The lowest BCUT2D eigenvalue weighted by atomic mass is 10.1. The number of urea groups is 1. The maximum atomic E-state index is 12.7. The quantitative estimate of drug-likeness (QED) is 0.293. The van der Waals surface area contributed by atoms with E-state index in [9.17, 15) is 4.79 Å². The minimum Gasteiger partial charge on any atom is -0.493 e. The van der Waals surface area contributed by atoms with Crippen LogP contribution in [0.25, 0.3) is 10.9 Å². The van der Waals surface area contributed by atoms with E-state index in [0.717, 1.165) is 37.6 Å². The minimum atomic E-state index is -0.287. The Hall–Kier alpha value is -3.85. The summed E-state index contributed by atoms with van der Waals surface area (Å²) in [7, 11) is 3.18. The third kappa shape index (κ3) is 5.21. The Morgan fingerprint density at radius 2 is 1.67 bits per heavy atom. The first kappa shape index (κ1) is 25.2. The third-order valence-corrected chi connectivity index (χ3v) is 7.22. The van der Waals surface area contributed by atoms with Gasteiger partial charge in [-0.15, -0.1) is 11.3 Å². The van der Waals surface area contributed by atoms with E-state index < -0.39 is 0 Å². The van der Waals surface area contributed by atoms with Gasteiger partial charge in [0, 0.05) is 28.2 Å². The zero-order valence-electron chi connectivity index (χ0n) is 21.5. The van der Waals surface area contributed by atoms with E-state index in [1.54, 1.807) is 31.8 Å². The summed E-state index contributed by atoms with van der Waals surface area (Å²) in [4.78, 5) is 22.8. The maximum absolute atomic E-state index is 12.7. The van der Waals surface area contributed by atoms with Gasteiger partial charge in [-0.1, -0.05) is 0 Å². The topological polar surface area (TPSA) is 94.6 Å². The molecule has 2 aromatic heterocycles. The molecule has 4 rings (SSSR count). The zero-order chi connectivity index (χ0) is 26.0. The fourth-order valence-corrected chi connectivity index (χ4v) is 4.71. The summed E-state index contributed by atoms with van der Waals surface area (Å²) in [5.41, 5.74) is 4.18. The number of hydrogen-bond donors (Lipinski definition) is 2. The Bertz CT molecular complexity index is 1410. The highest BCUT2D eigenvalue weighted by atomic mass is 32.1. The predicted octanol–water partition coefficient (Wildman–Crippen LogP) is 6.62. The molecular weight excluding hydrogens is 476 g/mol. The van der Waals surface area contributed by atoms with Gasteiger partial charge >= 0.3 is 6.03 Å². The second-order valence-electron chi connectivity index (χ2n) is 8.58. The number of aryl methyl sites for hydroxylation is 4. The number of fused-ring (bicyclic) bond motifs is 1. The Balaban J connectivity index is 1.53. The molecule has 8 nitrogen and oxygen atoms in total. The molecular formula is C27H30N4O4S. The van der Waals surface area contributed by atoms with Gasteiger partial charge < -0.3 is 24.8 Å². The van der Waals surface area contributed by atoms with E-state index in [1.807, 2.05) is 65.0 Å². The minimum absolute atomic E-state index is 0.193. The van der Waals surface area contributed by atoms with Crippen molar-refractivity contribution in [3.05, 3.63) is 63.2 Å². The molecule has 0 aliphatic rings. The van der Waals surface area contributed by atoms with Crippen LogP contribution in [0.15, 0.2) is 36.5 Å². The van der Waals surface area contributed by atoms with Crippen LogP contribution >= 0.6 is 11.3 Å². The van der Waals surface area contributed by atoms with E-state index in [1.165, 1.54) is 0 Å². The van der Waals surface area contributed by atoms with Crippen LogP contribution in [0.3, 0.4) is 0 Å². The smallest absolute Gasteiger partial charge is 0.319 e. The summed E-state index contributed by atoms with van der Waals surface area (Å²) in [5, 5.41) is 7.60. The highest BCUT2D eigenvalue weighted by molar-refractivity contribution is 7.11. The van der Waals surface area contributed by atoms with Crippen LogP contribution < -0.4 is 24.8 Å². The lowest BCUT2D eigenvalue weighted by Crippen LogP contribution is -2.31. The molecule has 0 radical (unpaired) electrons. The normalized spacial score (nSPS) is 11.8. The van der Waals surface area contributed by atoms with Gasteiger partial charge in [0.2, 0.25) is 0 Å². The Kier molecular flexibility index (Phi) is 7.30. The maximum Gasteiger partial charge on any atom is 0.319 e. The fourth-order valence-electron chi connectivity index (χ4n) is 3.79. The molecule has 0 aliphatic heterocycles. The number of amides is 2. The second-order valence-corrected chi connectivity index (χ2v) is 9.82. The average Bonchev–Trinajstić information content (AvgIpc) is 3.19. The molecule has 0 aliphatic carbocycles. The molecule has 36 heavy (non-hydrogen) atoms. The Morgan fingerprint density at radius 3 is 2.33 bits per heavy atom. The summed E-state index contributed by atoms with van der Waals surface area (Å²) in [5.74, 6) is 2.52. The number of thiazole rings is 1. The number of carbonyl (C=O) groups excluding carboxylic acids is 1. The molecule has 9 heteroatoms. The number of nitrogens with one attached hydrogen (secondary N) is 2. The Morgan fingerprint density at radius 1 is 0.944 bits per heavy atom. The number of benzene rings is 2. The van der Waals surface area contributed by atoms with Gasteiger partial charge in [0.15, 0.2) is 11.5 Å². The fraction of sp³-hybridized carbons (Fsp3) is 0.296. The van der Waals surface area contributed by atoms with Gasteiger partial charge in [-0.3, -0.25) is 4.98 Å². The lowest BCUT2D eigenvalue weighted by Gasteiger charge is -2.17. The molecule has 0 spiro atoms. The number of ether oxygens (including phenoxy) is 3. The van der Waals surface area contributed by atoms with E-state index in [4.69, 9.17) is 14.2 Å². The summed E-state index contributed by atoms with van der Waals surface area (Å²) in [6.07, 6.45) is 1.69. The first-order valence-corrected chi connectivity index (χ1v) is 12.3. The summed E-state index contributed by atoms with van der Waals surface area (Å²) in [6, 6.07) is 8.82. The van der Waals surface area contributed by atoms with Crippen LogP contribution in [0.4, 0.5) is 10.5 Å². The van der Waals surface area contributed by atoms with Crippen molar-refractivity contribution in [2.24, 2.45) is 0 Å². The number of rotatable bonds is 7. The number of hydrogen-bond acceptors (Lipinski definition) is 7. The number of anilines is 1. The van der Waals surface area contributed by atoms with Crippen LogP contribution in [0.1, 0.15) is 39.7 Å². The SMILES string of the molecule is COc1cc2nccc(Oc3cc(C)c(NC(=O)NC(C)c4nc(C)c(C)s4)cc3C)c2cc1OC. The number of nitrogens with zero attached hydrogens (tertiary/aromatic N) is 2. The van der Waals surface area contributed by atoms with Crippen LogP contribution in [0, 0.1) is 27.7 Å². The molecule has 2 heterocycles. The second kappa shape index (κ2) is 10.4. The third-order valence-electron chi connectivity index (χ3n) is 5.96. The molecule has 0 saturated carbocycles. The molecule has 0 fully saturated rings. The van der Waals surface area contributed by atoms with Crippen molar-refractivity contribution in [2.75, 3.05) is 19.5 Å². The number of pyridine rings is 1.